The van der Waals surface area contributed by atoms with Crippen LogP contribution in [-0.2, 0) is 0 Å². The minimum absolute atomic E-state index is 1.01. The summed E-state index contributed by atoms with van der Waals surface area (Å²) in [7, 11) is 0. The van der Waals surface area contributed by atoms with Crippen molar-refractivity contribution in [1.82, 2.24) is 14.8 Å². The van der Waals surface area contributed by atoms with Crippen molar-refractivity contribution in [2.75, 3.05) is 63.0 Å². The zero-order valence-corrected chi connectivity index (χ0v) is 19.3. The molecule has 32 heavy (non-hydrogen) atoms. The largest absolute Gasteiger partial charge is 0.385 e. The molecule has 5 nitrogen and oxygen atoms in total. The second-order valence-electron chi connectivity index (χ2n) is 9.46. The van der Waals surface area contributed by atoms with Crippen molar-refractivity contribution in [3.05, 3.63) is 42.5 Å². The monoisotopic (exact) mass is 431 g/mol. The van der Waals surface area contributed by atoms with E-state index in [2.05, 4.69) is 62.9 Å². The van der Waals surface area contributed by atoms with Gasteiger partial charge in [-0.1, -0.05) is 12.1 Å². The van der Waals surface area contributed by atoms with Crippen molar-refractivity contribution >= 4 is 33.2 Å². The third-order valence-corrected chi connectivity index (χ3v) is 6.97. The SMILES string of the molecule is c1cc2cc3ccc(NCCCN4CCCC4)cc3nc2cc1NCCCN1CCCC1. The molecule has 3 heterocycles. The van der Waals surface area contributed by atoms with Crippen molar-refractivity contribution in [3.63, 3.8) is 0 Å². The molecule has 170 valence electrons. The van der Waals surface area contributed by atoms with Crippen molar-refractivity contribution in [2.24, 2.45) is 0 Å². The van der Waals surface area contributed by atoms with Crippen LogP contribution in [0.2, 0.25) is 0 Å². The summed E-state index contributed by atoms with van der Waals surface area (Å²) in [5.74, 6) is 0. The van der Waals surface area contributed by atoms with Crippen LogP contribution >= 0.6 is 0 Å². The van der Waals surface area contributed by atoms with E-state index in [-0.39, 0.29) is 0 Å². The first-order valence-electron chi connectivity index (χ1n) is 12.6. The molecule has 2 aromatic carbocycles. The van der Waals surface area contributed by atoms with Crippen molar-refractivity contribution in [2.45, 2.75) is 38.5 Å². The molecule has 0 aliphatic carbocycles. The van der Waals surface area contributed by atoms with Crippen LogP contribution in [0.25, 0.3) is 21.8 Å². The summed E-state index contributed by atoms with van der Waals surface area (Å²) < 4.78 is 0. The van der Waals surface area contributed by atoms with Gasteiger partial charge < -0.3 is 20.4 Å². The van der Waals surface area contributed by atoms with Gasteiger partial charge in [0.15, 0.2) is 0 Å². The lowest BCUT2D eigenvalue weighted by Crippen LogP contribution is -2.22. The van der Waals surface area contributed by atoms with Crippen molar-refractivity contribution in [1.29, 1.82) is 0 Å². The number of aromatic nitrogens is 1. The molecule has 0 atom stereocenters. The average molecular weight is 432 g/mol. The fraction of sp³-hybridized carbons (Fsp3) is 0.519. The molecule has 2 aliphatic rings. The van der Waals surface area contributed by atoms with Gasteiger partial charge in [-0.2, -0.15) is 0 Å². The van der Waals surface area contributed by atoms with Crippen LogP contribution < -0.4 is 10.6 Å². The van der Waals surface area contributed by atoms with Gasteiger partial charge in [0.2, 0.25) is 0 Å². The minimum Gasteiger partial charge on any atom is -0.385 e. The first kappa shape index (κ1) is 21.5. The number of hydrogen-bond acceptors (Lipinski definition) is 5. The molecule has 1 aromatic heterocycles. The van der Waals surface area contributed by atoms with Crippen LogP contribution in [0.3, 0.4) is 0 Å². The molecule has 0 unspecified atom stereocenters. The molecule has 0 bridgehead atoms. The fourth-order valence-electron chi connectivity index (χ4n) is 5.13. The smallest absolute Gasteiger partial charge is 0.0730 e. The van der Waals surface area contributed by atoms with Crippen LogP contribution in [0, 0.1) is 0 Å². The van der Waals surface area contributed by atoms with E-state index in [4.69, 9.17) is 4.98 Å². The zero-order chi connectivity index (χ0) is 21.6. The molecule has 3 aromatic rings. The minimum atomic E-state index is 1.01. The van der Waals surface area contributed by atoms with E-state index in [9.17, 15) is 0 Å². The highest BCUT2D eigenvalue weighted by atomic mass is 15.1. The number of anilines is 2. The summed E-state index contributed by atoms with van der Waals surface area (Å²) in [4.78, 5) is 10.1. The lowest BCUT2D eigenvalue weighted by molar-refractivity contribution is 0.337. The summed E-state index contributed by atoms with van der Waals surface area (Å²) in [6.45, 7) is 9.56. The highest BCUT2D eigenvalue weighted by Gasteiger charge is 2.11. The Bertz CT molecular complexity index is 942. The molecule has 5 rings (SSSR count). The normalized spacial score (nSPS) is 17.5. The second-order valence-corrected chi connectivity index (χ2v) is 9.46. The van der Waals surface area contributed by atoms with E-state index in [1.54, 1.807) is 0 Å². The summed E-state index contributed by atoms with van der Waals surface area (Å²) in [5, 5.41) is 9.59. The van der Waals surface area contributed by atoms with Crippen molar-refractivity contribution < 1.29 is 0 Å². The Morgan fingerprint density at radius 3 is 1.56 bits per heavy atom. The third kappa shape index (κ3) is 5.51. The summed E-state index contributed by atoms with van der Waals surface area (Å²) in [6, 6.07) is 15.4. The number of pyridine rings is 1. The first-order chi connectivity index (χ1) is 15.8. The number of likely N-dealkylation sites (tertiary alicyclic amines) is 2. The highest BCUT2D eigenvalue weighted by molar-refractivity contribution is 5.95. The first-order valence-corrected chi connectivity index (χ1v) is 12.6. The van der Waals surface area contributed by atoms with Gasteiger partial charge in [0.1, 0.15) is 0 Å². The van der Waals surface area contributed by atoms with Gasteiger partial charge >= 0.3 is 0 Å². The van der Waals surface area contributed by atoms with Gasteiger partial charge in [0, 0.05) is 35.2 Å². The Kier molecular flexibility index (Phi) is 7.04. The van der Waals surface area contributed by atoms with Gasteiger partial charge in [-0.25, -0.2) is 4.98 Å². The van der Waals surface area contributed by atoms with Crippen molar-refractivity contribution in [3.8, 4) is 0 Å². The molecule has 0 radical (unpaired) electrons. The van der Waals surface area contributed by atoms with Crippen LogP contribution in [0.15, 0.2) is 42.5 Å². The third-order valence-electron chi connectivity index (χ3n) is 6.97. The topological polar surface area (TPSA) is 43.4 Å². The quantitative estimate of drug-likeness (QED) is 0.342. The molecule has 2 fully saturated rings. The lowest BCUT2D eigenvalue weighted by atomic mass is 10.1. The molecular formula is C27H37N5. The summed E-state index contributed by atoms with van der Waals surface area (Å²) in [6.07, 6.45) is 7.86. The average Bonchev–Trinajstić information content (AvgIpc) is 3.52. The maximum absolute atomic E-state index is 4.99. The Hall–Kier alpha value is -2.37. The van der Waals surface area contributed by atoms with E-state index < -0.39 is 0 Å². The Morgan fingerprint density at radius 1 is 0.625 bits per heavy atom. The van der Waals surface area contributed by atoms with E-state index in [0.29, 0.717) is 0 Å². The van der Waals surface area contributed by atoms with E-state index in [1.807, 2.05) is 0 Å². The van der Waals surface area contributed by atoms with Crippen LogP contribution in [0.5, 0.6) is 0 Å². The summed E-state index contributed by atoms with van der Waals surface area (Å²) >= 11 is 0. The molecule has 2 aliphatic heterocycles. The van der Waals surface area contributed by atoms with E-state index in [0.717, 1.165) is 24.1 Å². The van der Waals surface area contributed by atoms with E-state index in [1.165, 1.54) is 99.9 Å². The Morgan fingerprint density at radius 2 is 1.09 bits per heavy atom. The van der Waals surface area contributed by atoms with Crippen LogP contribution in [0.4, 0.5) is 11.4 Å². The second kappa shape index (κ2) is 10.5. The maximum atomic E-state index is 4.99. The van der Waals surface area contributed by atoms with E-state index >= 15 is 0 Å². The molecule has 2 saturated heterocycles. The number of benzene rings is 2. The van der Waals surface area contributed by atoms with Crippen LogP contribution in [-0.4, -0.2) is 67.1 Å². The van der Waals surface area contributed by atoms with Gasteiger partial charge in [-0.3, -0.25) is 0 Å². The zero-order valence-electron chi connectivity index (χ0n) is 19.3. The Labute approximate surface area is 192 Å². The van der Waals surface area contributed by atoms with Gasteiger partial charge in [0.25, 0.3) is 0 Å². The van der Waals surface area contributed by atoms with Gasteiger partial charge in [-0.15, -0.1) is 0 Å². The standard InChI is InChI=1S/C27H37N5/c1-2-14-31(13-1)17-5-11-28-24-9-7-22-19-23-8-10-25(21-27(23)30-26(22)20-24)29-12-6-18-32-15-3-4-16-32/h7-10,19-21,28-29H,1-6,11-18H2. The molecule has 5 heteroatoms. The maximum Gasteiger partial charge on any atom is 0.0730 e. The van der Waals surface area contributed by atoms with Crippen LogP contribution in [0.1, 0.15) is 38.5 Å². The van der Waals surface area contributed by atoms with Gasteiger partial charge in [0.05, 0.1) is 11.0 Å². The lowest BCUT2D eigenvalue weighted by Gasteiger charge is -2.15. The number of rotatable bonds is 10. The number of hydrogen-bond donors (Lipinski definition) is 2. The summed E-state index contributed by atoms with van der Waals surface area (Å²) in [5.41, 5.74) is 4.46. The predicted octanol–water partition coefficient (Wildman–Crippen LogP) is 5.18. The number of nitrogens with one attached hydrogen (secondary N) is 2. The highest BCUT2D eigenvalue weighted by Crippen LogP contribution is 2.25. The Balaban J connectivity index is 1.18. The predicted molar refractivity (Wildman–Crippen MR) is 137 cm³/mol. The molecule has 0 saturated carbocycles. The number of fused-ring (bicyclic) bond motifs is 2. The molecule has 0 spiro atoms. The number of nitrogens with zero attached hydrogens (tertiary/aromatic N) is 3. The molecule has 0 amide bonds. The molecular weight excluding hydrogens is 394 g/mol. The molecule has 2 N–H and O–H groups in total. The van der Waals surface area contributed by atoms with Gasteiger partial charge in [-0.05, 0) is 108 Å². The fourth-order valence-corrected chi connectivity index (χ4v) is 5.13.